The van der Waals surface area contributed by atoms with Crippen molar-refractivity contribution in [2.75, 3.05) is 26.8 Å². The average molecular weight is 240 g/mol. The van der Waals surface area contributed by atoms with Gasteiger partial charge in [-0.3, -0.25) is 10.1 Å². The third kappa shape index (κ3) is 5.01. The Labute approximate surface area is 102 Å². The summed E-state index contributed by atoms with van der Waals surface area (Å²) in [5.74, 6) is 0.823. The molecule has 0 saturated heterocycles. The van der Waals surface area contributed by atoms with Crippen molar-refractivity contribution in [3.63, 3.8) is 0 Å². The molecule has 0 spiro atoms. The van der Waals surface area contributed by atoms with Crippen molar-refractivity contribution in [1.29, 1.82) is 0 Å². The van der Waals surface area contributed by atoms with E-state index in [1.165, 1.54) is 0 Å². The van der Waals surface area contributed by atoms with Gasteiger partial charge in [0.2, 0.25) is 5.91 Å². The molecule has 1 amide bonds. The molecule has 5 heteroatoms. The minimum absolute atomic E-state index is 0.0351. The molecule has 1 unspecified atom stereocenters. The molecule has 1 rings (SSSR count). The fourth-order valence-electron chi connectivity index (χ4n) is 1.51. The lowest BCUT2D eigenvalue weighted by Gasteiger charge is -2.14. The Hall–Kier alpha value is -1.33. The van der Waals surface area contributed by atoms with Crippen LogP contribution in [0, 0.1) is 0 Å². The molecule has 1 atom stereocenters. The molecular weight excluding hydrogens is 220 g/mol. The lowest BCUT2D eigenvalue weighted by Crippen LogP contribution is -2.36. The predicted molar refractivity (Wildman–Crippen MR) is 64.6 cm³/mol. The van der Waals surface area contributed by atoms with Crippen molar-refractivity contribution in [2.24, 2.45) is 0 Å². The zero-order valence-corrected chi connectivity index (χ0v) is 10.4. The van der Waals surface area contributed by atoms with E-state index in [4.69, 9.17) is 9.15 Å². The molecule has 0 radical (unpaired) electrons. The van der Waals surface area contributed by atoms with Crippen molar-refractivity contribution in [2.45, 2.75) is 19.4 Å². The first kappa shape index (κ1) is 13.7. The van der Waals surface area contributed by atoms with Gasteiger partial charge in [-0.15, -0.1) is 0 Å². The first-order valence-corrected chi connectivity index (χ1v) is 5.80. The summed E-state index contributed by atoms with van der Waals surface area (Å²) in [5.41, 5.74) is 0. The van der Waals surface area contributed by atoms with E-state index < -0.39 is 0 Å². The topological polar surface area (TPSA) is 63.5 Å². The van der Waals surface area contributed by atoms with Gasteiger partial charge in [-0.1, -0.05) is 6.92 Å². The highest BCUT2D eigenvalue weighted by atomic mass is 16.5. The van der Waals surface area contributed by atoms with E-state index in [-0.39, 0.29) is 18.5 Å². The SMILES string of the molecule is CCC(NCC(=O)NCCOC)c1ccco1. The van der Waals surface area contributed by atoms with Crippen LogP contribution in [0.15, 0.2) is 22.8 Å². The Morgan fingerprint density at radius 3 is 3.00 bits per heavy atom. The van der Waals surface area contributed by atoms with Crippen LogP contribution in [-0.4, -0.2) is 32.7 Å². The Morgan fingerprint density at radius 2 is 2.41 bits per heavy atom. The molecule has 0 aliphatic heterocycles. The summed E-state index contributed by atoms with van der Waals surface area (Å²) in [6, 6.07) is 3.83. The fourth-order valence-corrected chi connectivity index (χ4v) is 1.51. The normalized spacial score (nSPS) is 12.4. The summed E-state index contributed by atoms with van der Waals surface area (Å²) in [5, 5.41) is 5.90. The van der Waals surface area contributed by atoms with Gasteiger partial charge in [0.15, 0.2) is 0 Å². The van der Waals surface area contributed by atoms with Gasteiger partial charge in [-0.25, -0.2) is 0 Å². The van der Waals surface area contributed by atoms with Crippen LogP contribution in [-0.2, 0) is 9.53 Å². The first-order chi connectivity index (χ1) is 8.27. The molecular formula is C12H20N2O3. The number of furan rings is 1. The standard InChI is InChI=1S/C12H20N2O3/c1-3-10(11-5-4-7-17-11)14-9-12(15)13-6-8-16-2/h4-5,7,10,14H,3,6,8-9H2,1-2H3,(H,13,15). The number of carbonyl (C=O) groups excluding carboxylic acids is 1. The number of hydrogen-bond acceptors (Lipinski definition) is 4. The highest BCUT2D eigenvalue weighted by Crippen LogP contribution is 2.15. The Balaban J connectivity index is 2.26. The van der Waals surface area contributed by atoms with E-state index in [0.717, 1.165) is 12.2 Å². The maximum Gasteiger partial charge on any atom is 0.234 e. The van der Waals surface area contributed by atoms with Crippen molar-refractivity contribution in [1.82, 2.24) is 10.6 Å². The highest BCUT2D eigenvalue weighted by molar-refractivity contribution is 5.77. The van der Waals surface area contributed by atoms with E-state index >= 15 is 0 Å². The van der Waals surface area contributed by atoms with Crippen LogP contribution < -0.4 is 10.6 Å². The Morgan fingerprint density at radius 1 is 1.59 bits per heavy atom. The molecule has 1 heterocycles. The van der Waals surface area contributed by atoms with Crippen molar-refractivity contribution >= 4 is 5.91 Å². The minimum Gasteiger partial charge on any atom is -0.468 e. The molecule has 0 fully saturated rings. The molecule has 5 nitrogen and oxygen atoms in total. The molecule has 0 bridgehead atoms. The van der Waals surface area contributed by atoms with Crippen LogP contribution in [0.1, 0.15) is 25.1 Å². The molecule has 0 aliphatic carbocycles. The maximum atomic E-state index is 11.4. The predicted octanol–water partition coefficient (Wildman–Crippen LogP) is 1.08. The van der Waals surface area contributed by atoms with Crippen molar-refractivity contribution in [3.8, 4) is 0 Å². The molecule has 17 heavy (non-hydrogen) atoms. The minimum atomic E-state index is -0.0351. The van der Waals surface area contributed by atoms with Gasteiger partial charge in [0.1, 0.15) is 5.76 Å². The second-order valence-electron chi connectivity index (χ2n) is 3.70. The largest absolute Gasteiger partial charge is 0.468 e. The lowest BCUT2D eigenvalue weighted by atomic mass is 10.2. The molecule has 0 saturated carbocycles. The average Bonchev–Trinajstić information content (AvgIpc) is 2.84. The van der Waals surface area contributed by atoms with Gasteiger partial charge in [-0.05, 0) is 18.6 Å². The zero-order chi connectivity index (χ0) is 12.5. The number of ether oxygens (including phenoxy) is 1. The number of rotatable bonds is 8. The number of carbonyl (C=O) groups is 1. The van der Waals surface area contributed by atoms with Gasteiger partial charge < -0.3 is 14.5 Å². The van der Waals surface area contributed by atoms with E-state index in [2.05, 4.69) is 10.6 Å². The summed E-state index contributed by atoms with van der Waals surface area (Å²) in [6.45, 7) is 3.39. The number of amides is 1. The van der Waals surface area contributed by atoms with Crippen LogP contribution in [0.2, 0.25) is 0 Å². The monoisotopic (exact) mass is 240 g/mol. The van der Waals surface area contributed by atoms with Crippen molar-refractivity contribution in [3.05, 3.63) is 24.2 Å². The van der Waals surface area contributed by atoms with Gasteiger partial charge >= 0.3 is 0 Å². The fraction of sp³-hybridized carbons (Fsp3) is 0.583. The smallest absolute Gasteiger partial charge is 0.234 e. The zero-order valence-electron chi connectivity index (χ0n) is 10.4. The first-order valence-electron chi connectivity index (χ1n) is 5.80. The van der Waals surface area contributed by atoms with Crippen LogP contribution in [0.4, 0.5) is 0 Å². The Kier molecular flexibility index (Phi) is 6.35. The summed E-state index contributed by atoms with van der Waals surface area (Å²) in [7, 11) is 1.61. The van der Waals surface area contributed by atoms with E-state index in [9.17, 15) is 4.79 Å². The number of methoxy groups -OCH3 is 1. The summed E-state index contributed by atoms with van der Waals surface area (Å²) >= 11 is 0. The summed E-state index contributed by atoms with van der Waals surface area (Å²) in [4.78, 5) is 11.4. The van der Waals surface area contributed by atoms with Crippen molar-refractivity contribution < 1.29 is 13.9 Å². The van der Waals surface area contributed by atoms with Gasteiger partial charge in [0.25, 0.3) is 0 Å². The van der Waals surface area contributed by atoms with Crippen LogP contribution in [0.3, 0.4) is 0 Å². The highest BCUT2D eigenvalue weighted by Gasteiger charge is 2.12. The second-order valence-corrected chi connectivity index (χ2v) is 3.70. The van der Waals surface area contributed by atoms with E-state index in [0.29, 0.717) is 13.2 Å². The second kappa shape index (κ2) is 7.86. The van der Waals surface area contributed by atoms with Crippen LogP contribution >= 0.6 is 0 Å². The Bertz CT molecular complexity index is 312. The summed E-state index contributed by atoms with van der Waals surface area (Å²) < 4.78 is 10.2. The molecule has 0 aliphatic rings. The van der Waals surface area contributed by atoms with E-state index in [1.807, 2.05) is 19.1 Å². The van der Waals surface area contributed by atoms with Gasteiger partial charge in [0, 0.05) is 13.7 Å². The lowest BCUT2D eigenvalue weighted by molar-refractivity contribution is -0.120. The third-order valence-corrected chi connectivity index (χ3v) is 2.43. The number of nitrogens with one attached hydrogen (secondary N) is 2. The molecule has 1 aromatic heterocycles. The quantitative estimate of drug-likeness (QED) is 0.667. The molecule has 0 aromatic carbocycles. The van der Waals surface area contributed by atoms with Gasteiger partial charge in [-0.2, -0.15) is 0 Å². The van der Waals surface area contributed by atoms with Crippen LogP contribution in [0.25, 0.3) is 0 Å². The maximum absolute atomic E-state index is 11.4. The molecule has 96 valence electrons. The molecule has 2 N–H and O–H groups in total. The van der Waals surface area contributed by atoms with Gasteiger partial charge in [0.05, 0.1) is 25.5 Å². The molecule has 1 aromatic rings. The summed E-state index contributed by atoms with van der Waals surface area (Å²) in [6.07, 6.45) is 2.51. The number of hydrogen-bond donors (Lipinski definition) is 2. The third-order valence-electron chi connectivity index (χ3n) is 2.43. The van der Waals surface area contributed by atoms with Crippen LogP contribution in [0.5, 0.6) is 0 Å². The van der Waals surface area contributed by atoms with E-state index in [1.54, 1.807) is 13.4 Å².